The fraction of sp³-hybridized carbons (Fsp3) is 0.250. The zero-order valence-electron chi connectivity index (χ0n) is 12.0. The van der Waals surface area contributed by atoms with E-state index in [1.54, 1.807) is 13.2 Å². The van der Waals surface area contributed by atoms with Crippen molar-refractivity contribution in [3.63, 3.8) is 0 Å². The highest BCUT2D eigenvalue weighted by Gasteiger charge is 2.08. The molecule has 0 saturated heterocycles. The first-order valence-corrected chi connectivity index (χ1v) is 6.90. The predicted molar refractivity (Wildman–Crippen MR) is 81.5 cm³/mol. The van der Waals surface area contributed by atoms with Gasteiger partial charge in [-0.15, -0.1) is 0 Å². The van der Waals surface area contributed by atoms with Crippen LogP contribution in [0.1, 0.15) is 11.1 Å². The fourth-order valence-electron chi connectivity index (χ4n) is 1.94. The van der Waals surface area contributed by atoms with Gasteiger partial charge in [0.05, 0.1) is 7.11 Å². The van der Waals surface area contributed by atoms with Gasteiger partial charge >= 0.3 is 0 Å². The van der Waals surface area contributed by atoms with Crippen LogP contribution >= 0.6 is 11.6 Å². The van der Waals surface area contributed by atoms with Crippen LogP contribution in [0.4, 0.5) is 4.39 Å². The number of hydrogen-bond donors (Lipinski definition) is 1. The van der Waals surface area contributed by atoms with Crippen molar-refractivity contribution in [2.75, 3.05) is 14.2 Å². The third-order valence-corrected chi connectivity index (χ3v) is 3.40. The molecule has 0 fully saturated rings. The molecule has 0 aliphatic rings. The van der Waals surface area contributed by atoms with E-state index < -0.39 is 0 Å². The number of halogens is 2. The Morgan fingerprint density at radius 2 is 1.95 bits per heavy atom. The zero-order valence-corrected chi connectivity index (χ0v) is 12.7. The SMILES string of the molecule is CNCc1ccc(OC)cc1OCc1cc(F)ccc1Cl. The molecule has 0 saturated carbocycles. The summed E-state index contributed by atoms with van der Waals surface area (Å²) in [5, 5.41) is 3.55. The molecule has 0 unspecified atom stereocenters. The summed E-state index contributed by atoms with van der Waals surface area (Å²) in [6.07, 6.45) is 0. The third kappa shape index (κ3) is 4.09. The molecular weight excluding hydrogens is 293 g/mol. The summed E-state index contributed by atoms with van der Waals surface area (Å²) in [6.45, 7) is 0.858. The molecule has 0 aliphatic heterocycles. The Labute approximate surface area is 128 Å². The summed E-state index contributed by atoms with van der Waals surface area (Å²) in [4.78, 5) is 0. The molecule has 0 heterocycles. The zero-order chi connectivity index (χ0) is 15.2. The summed E-state index contributed by atoms with van der Waals surface area (Å²) in [7, 11) is 3.46. The van der Waals surface area contributed by atoms with Gasteiger partial charge in [-0.3, -0.25) is 0 Å². The van der Waals surface area contributed by atoms with Gasteiger partial charge in [0.2, 0.25) is 0 Å². The highest BCUT2D eigenvalue weighted by molar-refractivity contribution is 6.31. The van der Waals surface area contributed by atoms with Gasteiger partial charge < -0.3 is 14.8 Å². The van der Waals surface area contributed by atoms with Crippen LogP contribution in [0.3, 0.4) is 0 Å². The molecule has 1 N–H and O–H groups in total. The van der Waals surface area contributed by atoms with E-state index in [4.69, 9.17) is 21.1 Å². The van der Waals surface area contributed by atoms with Crippen molar-refractivity contribution in [1.82, 2.24) is 5.32 Å². The predicted octanol–water partition coefficient (Wildman–Crippen LogP) is 3.79. The summed E-state index contributed by atoms with van der Waals surface area (Å²) >= 11 is 6.04. The van der Waals surface area contributed by atoms with E-state index in [2.05, 4.69) is 5.32 Å². The Kier molecular flexibility index (Phi) is 5.42. The van der Waals surface area contributed by atoms with Crippen molar-refractivity contribution in [2.24, 2.45) is 0 Å². The first-order valence-electron chi connectivity index (χ1n) is 6.52. The van der Waals surface area contributed by atoms with Crippen LogP contribution in [-0.4, -0.2) is 14.2 Å². The minimum Gasteiger partial charge on any atom is -0.497 e. The normalized spacial score (nSPS) is 10.5. The van der Waals surface area contributed by atoms with Gasteiger partial charge in [0.15, 0.2) is 0 Å². The average molecular weight is 310 g/mol. The van der Waals surface area contributed by atoms with Crippen LogP contribution in [0.25, 0.3) is 0 Å². The van der Waals surface area contributed by atoms with E-state index in [0.29, 0.717) is 28.6 Å². The van der Waals surface area contributed by atoms with Gasteiger partial charge in [-0.05, 0) is 31.3 Å². The summed E-state index contributed by atoms with van der Waals surface area (Å²) in [6, 6.07) is 9.83. The van der Waals surface area contributed by atoms with E-state index in [1.165, 1.54) is 18.2 Å². The summed E-state index contributed by atoms with van der Waals surface area (Å²) in [5.74, 6) is 1.05. The van der Waals surface area contributed by atoms with Crippen LogP contribution in [0.2, 0.25) is 5.02 Å². The largest absolute Gasteiger partial charge is 0.497 e. The lowest BCUT2D eigenvalue weighted by atomic mass is 10.2. The Morgan fingerprint density at radius 1 is 1.14 bits per heavy atom. The number of methoxy groups -OCH3 is 1. The van der Waals surface area contributed by atoms with E-state index in [0.717, 1.165) is 5.56 Å². The number of ether oxygens (including phenoxy) is 2. The molecule has 2 rings (SSSR count). The van der Waals surface area contributed by atoms with Crippen molar-refractivity contribution in [3.05, 3.63) is 58.4 Å². The van der Waals surface area contributed by atoms with Gasteiger partial charge in [0.1, 0.15) is 23.9 Å². The van der Waals surface area contributed by atoms with Crippen molar-refractivity contribution >= 4 is 11.6 Å². The summed E-state index contributed by atoms with van der Waals surface area (Å²) in [5.41, 5.74) is 1.60. The maximum absolute atomic E-state index is 13.2. The van der Waals surface area contributed by atoms with Gasteiger partial charge in [-0.1, -0.05) is 17.7 Å². The van der Waals surface area contributed by atoms with Crippen LogP contribution in [0.5, 0.6) is 11.5 Å². The number of nitrogens with one attached hydrogen (secondary N) is 1. The fourth-order valence-corrected chi connectivity index (χ4v) is 2.11. The van der Waals surface area contributed by atoms with E-state index >= 15 is 0 Å². The molecule has 2 aromatic rings. The molecule has 0 aliphatic carbocycles. The van der Waals surface area contributed by atoms with Crippen LogP contribution in [-0.2, 0) is 13.2 Å². The van der Waals surface area contributed by atoms with E-state index in [-0.39, 0.29) is 12.4 Å². The second-order valence-electron chi connectivity index (χ2n) is 4.53. The molecule has 5 heteroatoms. The topological polar surface area (TPSA) is 30.5 Å². The number of benzene rings is 2. The monoisotopic (exact) mass is 309 g/mol. The molecule has 21 heavy (non-hydrogen) atoms. The minimum absolute atomic E-state index is 0.195. The van der Waals surface area contributed by atoms with E-state index in [1.807, 2.05) is 19.2 Å². The summed E-state index contributed by atoms with van der Waals surface area (Å²) < 4.78 is 24.2. The smallest absolute Gasteiger partial charge is 0.127 e. The molecule has 112 valence electrons. The van der Waals surface area contributed by atoms with Gasteiger partial charge in [-0.2, -0.15) is 0 Å². The maximum atomic E-state index is 13.2. The van der Waals surface area contributed by atoms with Crippen LogP contribution < -0.4 is 14.8 Å². The first-order chi connectivity index (χ1) is 10.1. The molecule has 2 aromatic carbocycles. The Hall–Kier alpha value is -1.78. The van der Waals surface area contributed by atoms with Crippen molar-refractivity contribution in [3.8, 4) is 11.5 Å². The molecular formula is C16H17ClFNO2. The van der Waals surface area contributed by atoms with Crippen molar-refractivity contribution in [1.29, 1.82) is 0 Å². The average Bonchev–Trinajstić information content (AvgIpc) is 2.49. The highest BCUT2D eigenvalue weighted by atomic mass is 35.5. The minimum atomic E-state index is -0.334. The molecule has 0 amide bonds. The Morgan fingerprint density at radius 3 is 2.67 bits per heavy atom. The van der Waals surface area contributed by atoms with E-state index in [9.17, 15) is 4.39 Å². The first kappa shape index (κ1) is 15.6. The Bertz CT molecular complexity index is 619. The van der Waals surface area contributed by atoms with Gasteiger partial charge in [0, 0.05) is 28.8 Å². The third-order valence-electron chi connectivity index (χ3n) is 3.03. The lowest BCUT2D eigenvalue weighted by molar-refractivity contribution is 0.299. The molecule has 0 radical (unpaired) electrons. The quantitative estimate of drug-likeness (QED) is 0.880. The maximum Gasteiger partial charge on any atom is 0.127 e. The number of hydrogen-bond acceptors (Lipinski definition) is 3. The molecule has 3 nitrogen and oxygen atoms in total. The highest BCUT2D eigenvalue weighted by Crippen LogP contribution is 2.27. The second-order valence-corrected chi connectivity index (χ2v) is 4.94. The van der Waals surface area contributed by atoms with Crippen LogP contribution in [0, 0.1) is 5.82 Å². The number of rotatable bonds is 6. The molecule has 0 bridgehead atoms. The lowest BCUT2D eigenvalue weighted by Gasteiger charge is -2.13. The van der Waals surface area contributed by atoms with Crippen LogP contribution in [0.15, 0.2) is 36.4 Å². The molecule has 0 atom stereocenters. The second kappa shape index (κ2) is 7.29. The lowest BCUT2D eigenvalue weighted by Crippen LogP contribution is -2.08. The van der Waals surface area contributed by atoms with Crippen molar-refractivity contribution in [2.45, 2.75) is 13.2 Å². The van der Waals surface area contributed by atoms with Crippen molar-refractivity contribution < 1.29 is 13.9 Å². The Balaban J connectivity index is 2.19. The van der Waals surface area contributed by atoms with Gasteiger partial charge in [-0.25, -0.2) is 4.39 Å². The van der Waals surface area contributed by atoms with Gasteiger partial charge in [0.25, 0.3) is 0 Å². The standard InChI is InChI=1S/C16H17ClFNO2/c1-19-9-11-3-5-14(20-2)8-16(11)21-10-12-7-13(18)4-6-15(12)17/h3-8,19H,9-10H2,1-2H3. The molecule has 0 aromatic heterocycles. The molecule has 0 spiro atoms.